The van der Waals surface area contributed by atoms with E-state index in [1.807, 2.05) is 43.0 Å². The van der Waals surface area contributed by atoms with E-state index in [0.29, 0.717) is 25.3 Å². The minimum atomic E-state index is 0.0475. The third-order valence-corrected chi connectivity index (χ3v) is 3.05. The van der Waals surface area contributed by atoms with Crippen molar-refractivity contribution in [3.63, 3.8) is 0 Å². The summed E-state index contributed by atoms with van der Waals surface area (Å²) in [6.07, 6.45) is 0.839. The lowest BCUT2D eigenvalue weighted by molar-refractivity contribution is 0.0635. The number of carbonyl (C=O) groups is 1. The smallest absolute Gasteiger partial charge is 0.254 e. The molecular weight excluding hydrogens is 240 g/mol. The Labute approximate surface area is 115 Å². The number of rotatable bonds is 7. The fraction of sp³-hybridized carbons (Fsp3) is 0.533. The molecule has 0 aliphatic heterocycles. The summed E-state index contributed by atoms with van der Waals surface area (Å²) in [7, 11) is 1.64. The minimum Gasteiger partial charge on any atom is -0.383 e. The van der Waals surface area contributed by atoms with Crippen LogP contribution in [0.15, 0.2) is 24.3 Å². The summed E-state index contributed by atoms with van der Waals surface area (Å²) >= 11 is 0. The van der Waals surface area contributed by atoms with Gasteiger partial charge in [0.15, 0.2) is 0 Å². The predicted molar refractivity (Wildman–Crippen MR) is 77.2 cm³/mol. The van der Waals surface area contributed by atoms with Gasteiger partial charge in [-0.3, -0.25) is 4.79 Å². The van der Waals surface area contributed by atoms with Gasteiger partial charge in [-0.1, -0.05) is 12.1 Å². The molecule has 19 heavy (non-hydrogen) atoms. The second-order valence-corrected chi connectivity index (χ2v) is 4.82. The lowest BCUT2D eigenvalue weighted by atomic mass is 10.1. The lowest BCUT2D eigenvalue weighted by Gasteiger charge is -2.26. The van der Waals surface area contributed by atoms with Gasteiger partial charge in [0.05, 0.1) is 6.61 Å². The van der Waals surface area contributed by atoms with E-state index < -0.39 is 0 Å². The Balaban J connectivity index is 2.78. The van der Waals surface area contributed by atoms with Crippen molar-refractivity contribution in [2.24, 2.45) is 5.73 Å². The molecule has 1 rings (SSSR count). The van der Waals surface area contributed by atoms with Crippen LogP contribution in [0.5, 0.6) is 0 Å². The number of hydrogen-bond acceptors (Lipinski definition) is 3. The average Bonchev–Trinajstić information content (AvgIpc) is 2.40. The van der Waals surface area contributed by atoms with Crippen molar-refractivity contribution in [3.8, 4) is 0 Å². The summed E-state index contributed by atoms with van der Waals surface area (Å²) in [4.78, 5) is 14.2. The summed E-state index contributed by atoms with van der Waals surface area (Å²) in [5.41, 5.74) is 7.38. The largest absolute Gasteiger partial charge is 0.383 e. The zero-order chi connectivity index (χ0) is 14.3. The molecule has 1 amide bonds. The first kappa shape index (κ1) is 15.7. The summed E-state index contributed by atoms with van der Waals surface area (Å²) in [6, 6.07) is 7.83. The summed E-state index contributed by atoms with van der Waals surface area (Å²) in [5.74, 6) is 0.0475. The molecule has 0 aliphatic carbocycles. The molecule has 2 N–H and O–H groups in total. The molecule has 0 spiro atoms. The highest BCUT2D eigenvalue weighted by molar-refractivity contribution is 5.94. The van der Waals surface area contributed by atoms with Gasteiger partial charge in [-0.15, -0.1) is 0 Å². The number of nitrogens with zero attached hydrogens (tertiary/aromatic N) is 1. The quantitative estimate of drug-likeness (QED) is 0.815. The Bertz CT molecular complexity index is 388. The summed E-state index contributed by atoms with van der Waals surface area (Å²) in [6.45, 7) is 5.80. The fourth-order valence-corrected chi connectivity index (χ4v) is 1.93. The van der Waals surface area contributed by atoms with Crippen molar-refractivity contribution in [3.05, 3.63) is 35.4 Å². The van der Waals surface area contributed by atoms with Crippen LogP contribution in [0.1, 0.15) is 29.8 Å². The van der Waals surface area contributed by atoms with Crippen LogP contribution >= 0.6 is 0 Å². The number of hydrogen-bond donors (Lipinski definition) is 1. The highest BCUT2D eigenvalue weighted by atomic mass is 16.5. The van der Waals surface area contributed by atoms with E-state index in [4.69, 9.17) is 10.5 Å². The van der Waals surface area contributed by atoms with Gasteiger partial charge in [0.1, 0.15) is 0 Å². The molecule has 106 valence electrons. The normalized spacial score (nSPS) is 10.8. The standard InChI is InChI=1S/C15H24N2O2/c1-12(2)17(10-11-19-3)15(18)14-6-4-13(5-7-14)8-9-16/h4-7,12H,8-11,16H2,1-3H3. The second-order valence-electron chi connectivity index (χ2n) is 4.82. The number of nitrogens with two attached hydrogens (primary N) is 1. The van der Waals surface area contributed by atoms with Crippen LogP contribution in [-0.2, 0) is 11.2 Å². The average molecular weight is 264 g/mol. The Morgan fingerprint density at radius 2 is 1.95 bits per heavy atom. The van der Waals surface area contributed by atoms with Crippen LogP contribution < -0.4 is 5.73 Å². The number of methoxy groups -OCH3 is 1. The molecule has 0 atom stereocenters. The van der Waals surface area contributed by atoms with Crippen LogP contribution in [-0.4, -0.2) is 43.7 Å². The van der Waals surface area contributed by atoms with Crippen LogP contribution in [0.4, 0.5) is 0 Å². The zero-order valence-electron chi connectivity index (χ0n) is 12.1. The first-order valence-electron chi connectivity index (χ1n) is 6.69. The molecule has 4 heteroatoms. The van der Waals surface area contributed by atoms with E-state index >= 15 is 0 Å². The number of carbonyl (C=O) groups excluding carboxylic acids is 1. The Kier molecular flexibility index (Phi) is 6.53. The molecular formula is C15H24N2O2. The molecule has 0 aliphatic rings. The minimum absolute atomic E-state index is 0.0475. The van der Waals surface area contributed by atoms with Gasteiger partial charge >= 0.3 is 0 Å². The molecule has 0 aromatic heterocycles. The molecule has 0 bridgehead atoms. The van der Waals surface area contributed by atoms with Gasteiger partial charge in [0.2, 0.25) is 0 Å². The maximum absolute atomic E-state index is 12.4. The van der Waals surface area contributed by atoms with Gasteiger partial charge in [-0.25, -0.2) is 0 Å². The van der Waals surface area contributed by atoms with Crippen molar-refractivity contribution in [2.75, 3.05) is 26.8 Å². The number of ether oxygens (including phenoxy) is 1. The molecule has 1 aromatic rings. The molecule has 4 nitrogen and oxygen atoms in total. The van der Waals surface area contributed by atoms with Crippen molar-refractivity contribution < 1.29 is 9.53 Å². The van der Waals surface area contributed by atoms with E-state index in [9.17, 15) is 4.79 Å². The second kappa shape index (κ2) is 7.92. The molecule has 0 saturated heterocycles. The van der Waals surface area contributed by atoms with E-state index in [2.05, 4.69) is 0 Å². The van der Waals surface area contributed by atoms with Crippen LogP contribution in [0.25, 0.3) is 0 Å². The maximum Gasteiger partial charge on any atom is 0.254 e. The summed E-state index contributed by atoms with van der Waals surface area (Å²) in [5, 5.41) is 0. The molecule has 1 aromatic carbocycles. The van der Waals surface area contributed by atoms with E-state index in [1.165, 1.54) is 0 Å². The van der Waals surface area contributed by atoms with Gasteiger partial charge in [0.25, 0.3) is 5.91 Å². The van der Waals surface area contributed by atoms with Gasteiger partial charge in [-0.2, -0.15) is 0 Å². The molecule has 0 saturated carbocycles. The van der Waals surface area contributed by atoms with Crippen LogP contribution in [0.3, 0.4) is 0 Å². The van der Waals surface area contributed by atoms with E-state index in [0.717, 1.165) is 12.0 Å². The number of benzene rings is 1. The summed E-state index contributed by atoms with van der Waals surface area (Å²) < 4.78 is 5.05. The fourth-order valence-electron chi connectivity index (χ4n) is 1.93. The zero-order valence-corrected chi connectivity index (χ0v) is 12.1. The predicted octanol–water partition coefficient (Wildman–Crippen LogP) is 1.68. The van der Waals surface area contributed by atoms with Crippen molar-refractivity contribution in [1.82, 2.24) is 4.90 Å². The van der Waals surface area contributed by atoms with Crippen LogP contribution in [0, 0.1) is 0 Å². The van der Waals surface area contributed by atoms with E-state index in [1.54, 1.807) is 7.11 Å². The molecule has 0 radical (unpaired) electrons. The monoisotopic (exact) mass is 264 g/mol. The molecule has 0 heterocycles. The third-order valence-electron chi connectivity index (χ3n) is 3.05. The first-order chi connectivity index (χ1) is 9.10. The van der Waals surface area contributed by atoms with Crippen LogP contribution in [0.2, 0.25) is 0 Å². The van der Waals surface area contributed by atoms with Gasteiger partial charge in [0, 0.05) is 25.3 Å². The molecule has 0 unspecified atom stereocenters. The highest BCUT2D eigenvalue weighted by Crippen LogP contribution is 2.10. The van der Waals surface area contributed by atoms with Crippen molar-refractivity contribution in [1.29, 1.82) is 0 Å². The van der Waals surface area contributed by atoms with Gasteiger partial charge in [-0.05, 0) is 44.5 Å². The first-order valence-corrected chi connectivity index (χ1v) is 6.69. The highest BCUT2D eigenvalue weighted by Gasteiger charge is 2.18. The Morgan fingerprint density at radius 3 is 2.42 bits per heavy atom. The Hall–Kier alpha value is -1.39. The van der Waals surface area contributed by atoms with Crippen molar-refractivity contribution in [2.45, 2.75) is 26.3 Å². The number of amides is 1. The SMILES string of the molecule is COCCN(C(=O)c1ccc(CCN)cc1)C(C)C. The Morgan fingerprint density at radius 1 is 1.32 bits per heavy atom. The van der Waals surface area contributed by atoms with E-state index in [-0.39, 0.29) is 11.9 Å². The van der Waals surface area contributed by atoms with Crippen molar-refractivity contribution >= 4 is 5.91 Å². The lowest BCUT2D eigenvalue weighted by Crippen LogP contribution is -2.39. The third kappa shape index (κ3) is 4.65. The topological polar surface area (TPSA) is 55.6 Å². The maximum atomic E-state index is 12.4. The molecule has 0 fully saturated rings. The van der Waals surface area contributed by atoms with Gasteiger partial charge < -0.3 is 15.4 Å².